The summed E-state index contributed by atoms with van der Waals surface area (Å²) in [6.07, 6.45) is 7.15. The number of allylic oxidation sites excluding steroid dienone is 1. The highest BCUT2D eigenvalue weighted by molar-refractivity contribution is 6.73. The smallest absolute Gasteiger partial charge is 0.334 e. The van der Waals surface area contributed by atoms with E-state index in [0.29, 0.717) is 0 Å². The molecule has 4 rings (SSSR count). The molecule has 4 heteroatoms. The molecule has 0 spiro atoms. The molecular weight excluding hydrogens is 424 g/mol. The number of carbonyl (C=O) groups excluding carboxylic acids is 1. The third-order valence-electron chi connectivity index (χ3n) is 9.00. The fourth-order valence-electron chi connectivity index (χ4n) is 6.61. The molecule has 1 heterocycles. The Morgan fingerprint density at radius 1 is 1.09 bits per heavy atom. The van der Waals surface area contributed by atoms with Crippen molar-refractivity contribution in [1.82, 2.24) is 0 Å². The number of ether oxygens (including phenoxy) is 1. The Kier molecular flexibility index (Phi) is 7.07. The van der Waals surface area contributed by atoms with Crippen molar-refractivity contribution in [2.45, 2.75) is 103 Å². The summed E-state index contributed by atoms with van der Waals surface area (Å²) in [6, 6.07) is 12.0. The summed E-state index contributed by atoms with van der Waals surface area (Å²) in [5.74, 6) is 0.198. The molecule has 33 heavy (non-hydrogen) atoms. The van der Waals surface area contributed by atoms with Gasteiger partial charge in [-0.3, -0.25) is 0 Å². The molecule has 0 aromatic heterocycles. The monoisotopic (exact) mass is 466 g/mol. The zero-order valence-electron chi connectivity index (χ0n) is 21.5. The zero-order valence-corrected chi connectivity index (χ0v) is 22.5. The number of aryl methyl sites for hydroxylation is 1. The van der Waals surface area contributed by atoms with Crippen LogP contribution in [-0.4, -0.2) is 26.0 Å². The highest BCUT2D eigenvalue weighted by Crippen LogP contribution is 2.55. The molecule has 1 aromatic rings. The van der Waals surface area contributed by atoms with E-state index in [4.69, 9.17) is 9.16 Å². The summed E-state index contributed by atoms with van der Waals surface area (Å²) < 4.78 is 13.5. The number of esters is 1. The minimum atomic E-state index is -1.80. The lowest BCUT2D eigenvalue weighted by molar-refractivity contribution is -0.143. The summed E-state index contributed by atoms with van der Waals surface area (Å²) in [5, 5.41) is 0. The summed E-state index contributed by atoms with van der Waals surface area (Å²) in [6.45, 7) is 13.7. The van der Waals surface area contributed by atoms with E-state index in [0.717, 1.165) is 61.4 Å². The van der Waals surface area contributed by atoms with Crippen LogP contribution in [0.4, 0.5) is 0 Å². The van der Waals surface area contributed by atoms with Crippen molar-refractivity contribution in [2.75, 3.05) is 0 Å². The Morgan fingerprint density at radius 3 is 2.36 bits per heavy atom. The van der Waals surface area contributed by atoms with Crippen LogP contribution in [0.15, 0.2) is 41.0 Å². The summed E-state index contributed by atoms with van der Waals surface area (Å²) in [5.41, 5.74) is 6.04. The summed E-state index contributed by atoms with van der Waals surface area (Å²) in [7, 11) is -1.80. The van der Waals surface area contributed by atoms with Crippen LogP contribution in [0.5, 0.6) is 0 Å². The van der Waals surface area contributed by atoms with Gasteiger partial charge in [-0.2, -0.15) is 0 Å². The molecule has 180 valence electrons. The fraction of sp³-hybridized carbons (Fsp3) is 0.621. The van der Waals surface area contributed by atoms with Gasteiger partial charge >= 0.3 is 5.97 Å². The lowest BCUT2D eigenvalue weighted by Crippen LogP contribution is -2.51. The summed E-state index contributed by atoms with van der Waals surface area (Å²) >= 11 is 0. The average molecular weight is 467 g/mol. The van der Waals surface area contributed by atoms with E-state index >= 15 is 0 Å². The molecule has 2 aliphatic carbocycles. The minimum Gasteiger partial charge on any atom is -0.458 e. The molecule has 0 amide bonds. The van der Waals surface area contributed by atoms with Crippen molar-refractivity contribution in [3.63, 3.8) is 0 Å². The first-order valence-electron chi connectivity index (χ1n) is 13.2. The summed E-state index contributed by atoms with van der Waals surface area (Å²) in [4.78, 5) is 13.2. The second kappa shape index (κ2) is 9.54. The first-order chi connectivity index (χ1) is 15.8. The van der Waals surface area contributed by atoms with Crippen molar-refractivity contribution >= 4 is 20.4 Å². The topological polar surface area (TPSA) is 35.5 Å². The first kappa shape index (κ1) is 24.5. The Hall–Kier alpha value is -1.65. The van der Waals surface area contributed by atoms with Crippen LogP contribution in [0, 0.1) is 11.8 Å². The predicted octanol–water partition coefficient (Wildman–Crippen LogP) is 7.47. The first-order valence-corrected chi connectivity index (χ1v) is 15.7. The number of benzene rings is 1. The average Bonchev–Trinajstić information content (AvgIpc) is 3.27. The Bertz CT molecular complexity index is 932. The van der Waals surface area contributed by atoms with Crippen LogP contribution in [0.2, 0.25) is 18.1 Å². The molecule has 1 aromatic carbocycles. The van der Waals surface area contributed by atoms with Crippen LogP contribution in [-0.2, 0) is 20.4 Å². The number of hydrogen-bond donors (Lipinski definition) is 0. The number of hydrogen-bond acceptors (Lipinski definition) is 3. The van der Waals surface area contributed by atoms with Gasteiger partial charge in [-0.1, -0.05) is 63.1 Å². The van der Waals surface area contributed by atoms with Crippen LogP contribution >= 0.6 is 0 Å². The standard InChI is InChI=1S/C29H42O3Si/c1-7-21-12-14-22(15-13-21)19-25-24-16-11-20(5)23-17-18-29(6,26(23)27(24)31-28(25)30)32-33(8-2,9-3)10-4/h12-15,19,24,26-27H,7-11,16-18H2,1-6H3/b25-19-/t24-,26-,27-,29+/m0/s1. The lowest BCUT2D eigenvalue weighted by Gasteiger charge is -2.43. The maximum absolute atomic E-state index is 13.2. The molecule has 2 fully saturated rings. The van der Waals surface area contributed by atoms with Crippen LogP contribution in [0.25, 0.3) is 6.08 Å². The van der Waals surface area contributed by atoms with Gasteiger partial charge in [-0.25, -0.2) is 4.79 Å². The Labute approximate surface area is 201 Å². The molecule has 1 saturated carbocycles. The van der Waals surface area contributed by atoms with Crippen LogP contribution in [0.3, 0.4) is 0 Å². The SMILES string of the molecule is CCc1ccc(/C=C2\C(=O)O[C@H]3[C@H]2CCC(C)=C2CC[C@@](C)(O[Si](CC)(CC)CC)[C@@H]23)cc1. The highest BCUT2D eigenvalue weighted by atomic mass is 28.4. The third kappa shape index (κ3) is 4.41. The Morgan fingerprint density at radius 2 is 1.76 bits per heavy atom. The molecule has 0 N–H and O–H groups in total. The third-order valence-corrected chi connectivity index (χ3v) is 13.8. The van der Waals surface area contributed by atoms with Gasteiger partial charge in [0.05, 0.1) is 5.60 Å². The number of carbonyl (C=O) groups is 1. The van der Waals surface area contributed by atoms with Gasteiger partial charge in [-0.05, 0) is 81.3 Å². The van der Waals surface area contributed by atoms with E-state index < -0.39 is 8.32 Å². The van der Waals surface area contributed by atoms with Crippen LogP contribution in [0.1, 0.15) is 78.4 Å². The molecule has 4 atom stereocenters. The Balaban J connectivity index is 1.70. The maximum Gasteiger partial charge on any atom is 0.334 e. The predicted molar refractivity (Wildman–Crippen MR) is 139 cm³/mol. The van der Waals surface area contributed by atoms with Crippen molar-refractivity contribution in [3.05, 3.63) is 52.1 Å². The van der Waals surface area contributed by atoms with E-state index in [1.54, 1.807) is 0 Å². The molecule has 0 unspecified atom stereocenters. The van der Waals surface area contributed by atoms with Gasteiger partial charge < -0.3 is 9.16 Å². The highest BCUT2D eigenvalue weighted by Gasteiger charge is 2.57. The molecule has 0 bridgehead atoms. The van der Waals surface area contributed by atoms with Crippen molar-refractivity contribution < 1.29 is 14.0 Å². The van der Waals surface area contributed by atoms with Crippen LogP contribution < -0.4 is 0 Å². The van der Waals surface area contributed by atoms with Gasteiger partial charge in [0.15, 0.2) is 8.32 Å². The second-order valence-electron chi connectivity index (χ2n) is 10.7. The van der Waals surface area contributed by atoms with Gasteiger partial charge in [0.1, 0.15) is 6.10 Å². The maximum atomic E-state index is 13.2. The van der Waals surface area contributed by atoms with E-state index in [-0.39, 0.29) is 29.5 Å². The zero-order chi connectivity index (χ0) is 23.8. The van der Waals surface area contributed by atoms with E-state index in [2.05, 4.69) is 71.9 Å². The number of rotatable bonds is 7. The van der Waals surface area contributed by atoms with Crippen molar-refractivity contribution in [2.24, 2.45) is 11.8 Å². The quantitative estimate of drug-likeness (QED) is 0.181. The molecule has 3 aliphatic rings. The van der Waals surface area contributed by atoms with E-state index in [1.807, 2.05) is 0 Å². The molecule has 3 nitrogen and oxygen atoms in total. The minimum absolute atomic E-state index is 0.101. The normalized spacial score (nSPS) is 30.9. The fourth-order valence-corrected chi connectivity index (χ4v) is 9.76. The lowest BCUT2D eigenvalue weighted by atomic mass is 9.79. The van der Waals surface area contributed by atoms with Crippen molar-refractivity contribution in [3.8, 4) is 0 Å². The van der Waals surface area contributed by atoms with E-state index in [9.17, 15) is 4.79 Å². The van der Waals surface area contributed by atoms with Gasteiger partial charge in [0, 0.05) is 17.4 Å². The molecule has 1 saturated heterocycles. The van der Waals surface area contributed by atoms with Gasteiger partial charge in [-0.15, -0.1) is 0 Å². The van der Waals surface area contributed by atoms with Gasteiger partial charge in [0.2, 0.25) is 0 Å². The largest absolute Gasteiger partial charge is 0.458 e. The van der Waals surface area contributed by atoms with Gasteiger partial charge in [0.25, 0.3) is 0 Å². The van der Waals surface area contributed by atoms with Crippen molar-refractivity contribution in [1.29, 1.82) is 0 Å². The molecule has 0 radical (unpaired) electrons. The molecular formula is C29H42O3Si. The molecule has 1 aliphatic heterocycles. The number of fused-ring (bicyclic) bond motifs is 3. The second-order valence-corrected chi connectivity index (χ2v) is 15.3. The van der Waals surface area contributed by atoms with E-state index in [1.165, 1.54) is 16.7 Å².